The normalized spacial score (nSPS) is 19.6. The number of hydrogen-bond acceptors (Lipinski definition) is 4. The lowest BCUT2D eigenvalue weighted by Gasteiger charge is -2.31. The summed E-state index contributed by atoms with van der Waals surface area (Å²) in [7, 11) is 0. The van der Waals surface area contributed by atoms with Crippen LogP contribution in [0.5, 0.6) is 0 Å². The van der Waals surface area contributed by atoms with Gasteiger partial charge in [0, 0.05) is 32.1 Å². The van der Waals surface area contributed by atoms with Crippen LogP contribution in [0.4, 0.5) is 4.39 Å². The van der Waals surface area contributed by atoms with Gasteiger partial charge in [-0.15, -0.1) is 0 Å². The second-order valence-corrected chi connectivity index (χ2v) is 8.24. The molecule has 1 aromatic heterocycles. The first-order valence-corrected chi connectivity index (χ1v) is 10.3. The molecule has 1 amide bonds. The first kappa shape index (κ1) is 19.8. The average molecular weight is 398 g/mol. The first-order chi connectivity index (χ1) is 13.9. The highest BCUT2D eigenvalue weighted by Crippen LogP contribution is 2.31. The van der Waals surface area contributed by atoms with E-state index < -0.39 is 0 Å². The van der Waals surface area contributed by atoms with Crippen LogP contribution in [0.25, 0.3) is 0 Å². The second-order valence-electron chi connectivity index (χ2n) is 8.24. The SMILES string of the molecule is CC(C)N1CCc2nc(C3CCCN3C(=O)Cc3ccc(F)cc3)[nH]c(=O)c2C1. The summed E-state index contributed by atoms with van der Waals surface area (Å²) in [5, 5.41) is 0. The molecule has 1 unspecified atom stereocenters. The molecule has 0 spiro atoms. The largest absolute Gasteiger partial charge is 0.332 e. The number of rotatable bonds is 4. The number of H-pyrrole nitrogens is 1. The molecule has 2 aliphatic heterocycles. The van der Waals surface area contributed by atoms with Crippen molar-refractivity contribution >= 4 is 5.91 Å². The molecule has 4 rings (SSSR count). The molecule has 0 saturated carbocycles. The van der Waals surface area contributed by atoms with Crippen molar-refractivity contribution in [1.29, 1.82) is 0 Å². The minimum atomic E-state index is -0.313. The molecule has 154 valence electrons. The Labute approximate surface area is 169 Å². The fourth-order valence-corrected chi connectivity index (χ4v) is 4.29. The number of halogens is 1. The van der Waals surface area contributed by atoms with Crippen LogP contribution in [-0.2, 0) is 24.2 Å². The molecule has 1 saturated heterocycles. The number of amides is 1. The highest BCUT2D eigenvalue weighted by Gasteiger charge is 2.33. The van der Waals surface area contributed by atoms with E-state index >= 15 is 0 Å². The molecule has 0 aliphatic carbocycles. The van der Waals surface area contributed by atoms with Gasteiger partial charge in [0.25, 0.3) is 5.56 Å². The Morgan fingerprint density at radius 2 is 2.03 bits per heavy atom. The van der Waals surface area contributed by atoms with Crippen LogP contribution in [0.1, 0.15) is 55.4 Å². The van der Waals surface area contributed by atoms with Gasteiger partial charge in [-0.05, 0) is 44.4 Å². The molecule has 1 fully saturated rings. The van der Waals surface area contributed by atoms with E-state index in [0.29, 0.717) is 25.0 Å². The molecule has 2 aliphatic rings. The van der Waals surface area contributed by atoms with E-state index in [1.54, 1.807) is 17.0 Å². The summed E-state index contributed by atoms with van der Waals surface area (Å²) in [5.74, 6) is 0.259. The number of nitrogens with zero attached hydrogens (tertiary/aromatic N) is 3. The smallest absolute Gasteiger partial charge is 0.255 e. The summed E-state index contributed by atoms with van der Waals surface area (Å²) in [5.41, 5.74) is 2.30. The van der Waals surface area contributed by atoms with Crippen LogP contribution >= 0.6 is 0 Å². The molecule has 29 heavy (non-hydrogen) atoms. The van der Waals surface area contributed by atoms with Crippen LogP contribution in [0, 0.1) is 5.82 Å². The number of likely N-dealkylation sites (tertiary alicyclic amines) is 1. The Morgan fingerprint density at radius 3 is 2.76 bits per heavy atom. The number of carbonyl (C=O) groups excluding carboxylic acids is 1. The number of aromatic amines is 1. The third kappa shape index (κ3) is 4.10. The Kier molecular flexibility index (Phi) is 5.50. The number of benzene rings is 1. The van der Waals surface area contributed by atoms with E-state index in [1.807, 2.05) is 0 Å². The Bertz CT molecular complexity index is 954. The lowest BCUT2D eigenvalue weighted by Crippen LogP contribution is -2.40. The number of nitrogens with one attached hydrogen (secondary N) is 1. The van der Waals surface area contributed by atoms with Crippen molar-refractivity contribution in [3.05, 3.63) is 63.1 Å². The predicted octanol–water partition coefficient (Wildman–Crippen LogP) is 2.58. The van der Waals surface area contributed by atoms with Crippen molar-refractivity contribution in [2.24, 2.45) is 0 Å². The summed E-state index contributed by atoms with van der Waals surface area (Å²) in [6.45, 7) is 6.41. The maximum Gasteiger partial charge on any atom is 0.255 e. The standard InChI is InChI=1S/C22H27FN4O2/c1-14(2)26-11-9-18-17(13-26)22(29)25-21(24-18)19-4-3-10-27(19)20(28)12-15-5-7-16(23)8-6-15/h5-8,14,19H,3-4,9-13H2,1-2H3,(H,24,25,29). The van der Waals surface area contributed by atoms with Crippen LogP contribution in [-0.4, -0.2) is 44.8 Å². The van der Waals surface area contributed by atoms with Crippen molar-refractivity contribution in [2.45, 2.75) is 58.2 Å². The number of carbonyl (C=O) groups is 1. The van der Waals surface area contributed by atoms with Gasteiger partial charge in [0.15, 0.2) is 0 Å². The second kappa shape index (κ2) is 8.06. The van der Waals surface area contributed by atoms with Gasteiger partial charge in [-0.2, -0.15) is 0 Å². The zero-order valence-electron chi connectivity index (χ0n) is 16.9. The Hall–Kier alpha value is -2.54. The van der Waals surface area contributed by atoms with Crippen LogP contribution in [0.3, 0.4) is 0 Å². The molecule has 7 heteroatoms. The monoisotopic (exact) mass is 398 g/mol. The molecular formula is C22H27FN4O2. The van der Waals surface area contributed by atoms with Gasteiger partial charge >= 0.3 is 0 Å². The topological polar surface area (TPSA) is 69.3 Å². The number of hydrogen-bond donors (Lipinski definition) is 1. The molecule has 1 atom stereocenters. The van der Waals surface area contributed by atoms with Gasteiger partial charge in [0.1, 0.15) is 11.6 Å². The van der Waals surface area contributed by atoms with E-state index in [4.69, 9.17) is 4.98 Å². The average Bonchev–Trinajstić information content (AvgIpc) is 3.19. The van der Waals surface area contributed by atoms with Crippen LogP contribution in [0.15, 0.2) is 29.1 Å². The molecule has 6 nitrogen and oxygen atoms in total. The maximum absolute atomic E-state index is 13.1. The van der Waals surface area contributed by atoms with Gasteiger partial charge in [-0.1, -0.05) is 12.1 Å². The van der Waals surface area contributed by atoms with E-state index in [-0.39, 0.29) is 29.7 Å². The van der Waals surface area contributed by atoms with Gasteiger partial charge in [-0.25, -0.2) is 9.37 Å². The van der Waals surface area contributed by atoms with Crippen LogP contribution in [0.2, 0.25) is 0 Å². The lowest BCUT2D eigenvalue weighted by molar-refractivity contribution is -0.131. The zero-order chi connectivity index (χ0) is 20.5. The third-order valence-electron chi connectivity index (χ3n) is 6.00. The fourth-order valence-electron chi connectivity index (χ4n) is 4.29. The molecule has 1 N–H and O–H groups in total. The third-order valence-corrected chi connectivity index (χ3v) is 6.00. The summed E-state index contributed by atoms with van der Waals surface area (Å²) < 4.78 is 13.1. The van der Waals surface area contributed by atoms with E-state index in [9.17, 15) is 14.0 Å². The Morgan fingerprint density at radius 1 is 1.28 bits per heavy atom. The van der Waals surface area contributed by atoms with E-state index in [1.165, 1.54) is 12.1 Å². The number of aromatic nitrogens is 2. The van der Waals surface area contributed by atoms with Crippen molar-refractivity contribution in [1.82, 2.24) is 19.8 Å². The molecule has 0 bridgehead atoms. The first-order valence-electron chi connectivity index (χ1n) is 10.3. The summed E-state index contributed by atoms with van der Waals surface area (Å²) in [6, 6.07) is 6.19. The quantitative estimate of drug-likeness (QED) is 0.860. The predicted molar refractivity (Wildman–Crippen MR) is 108 cm³/mol. The fraction of sp³-hybridized carbons (Fsp3) is 0.500. The van der Waals surface area contributed by atoms with Gasteiger partial charge in [0.05, 0.1) is 23.7 Å². The lowest BCUT2D eigenvalue weighted by atomic mass is 10.0. The minimum absolute atomic E-state index is 0.0227. The minimum Gasteiger partial charge on any atom is -0.332 e. The van der Waals surface area contributed by atoms with Crippen molar-refractivity contribution in [3.8, 4) is 0 Å². The summed E-state index contributed by atoms with van der Waals surface area (Å²) >= 11 is 0. The van der Waals surface area contributed by atoms with Gasteiger partial charge in [-0.3, -0.25) is 14.5 Å². The summed E-state index contributed by atoms with van der Waals surface area (Å²) in [4.78, 5) is 37.4. The molecule has 2 aromatic rings. The number of fused-ring (bicyclic) bond motifs is 1. The van der Waals surface area contributed by atoms with Gasteiger partial charge in [0.2, 0.25) is 5.91 Å². The van der Waals surface area contributed by atoms with E-state index in [0.717, 1.165) is 42.6 Å². The van der Waals surface area contributed by atoms with Crippen molar-refractivity contribution < 1.29 is 9.18 Å². The maximum atomic E-state index is 13.1. The Balaban J connectivity index is 1.54. The van der Waals surface area contributed by atoms with Crippen LogP contribution < -0.4 is 5.56 Å². The molecule has 0 radical (unpaired) electrons. The van der Waals surface area contributed by atoms with Gasteiger partial charge < -0.3 is 9.88 Å². The summed E-state index contributed by atoms with van der Waals surface area (Å²) in [6.07, 6.45) is 2.63. The molecule has 3 heterocycles. The van der Waals surface area contributed by atoms with E-state index in [2.05, 4.69) is 23.7 Å². The van der Waals surface area contributed by atoms with Crippen molar-refractivity contribution in [2.75, 3.05) is 13.1 Å². The highest BCUT2D eigenvalue weighted by molar-refractivity contribution is 5.79. The molecular weight excluding hydrogens is 371 g/mol. The van der Waals surface area contributed by atoms with Crippen molar-refractivity contribution in [3.63, 3.8) is 0 Å². The highest BCUT2D eigenvalue weighted by atomic mass is 19.1. The molecule has 1 aromatic carbocycles. The zero-order valence-corrected chi connectivity index (χ0v) is 16.9.